The van der Waals surface area contributed by atoms with Gasteiger partial charge in [-0.1, -0.05) is 62.9 Å². The second-order valence-electron chi connectivity index (χ2n) is 4.62. The number of hydrogen-bond donors (Lipinski definition) is 0. The van der Waals surface area contributed by atoms with Crippen LogP contribution in [-0.4, -0.2) is 5.38 Å². The zero-order chi connectivity index (χ0) is 12.7. The minimum absolute atomic E-state index is 0.200. The fourth-order valence-corrected chi connectivity index (χ4v) is 2.83. The Morgan fingerprint density at radius 2 is 1.88 bits per heavy atom. The summed E-state index contributed by atoms with van der Waals surface area (Å²) < 4.78 is 0. The van der Waals surface area contributed by atoms with Crippen molar-refractivity contribution in [1.29, 1.82) is 0 Å². The second-order valence-corrected chi connectivity index (χ2v) is 5.59. The van der Waals surface area contributed by atoms with Gasteiger partial charge in [-0.15, -0.1) is 11.6 Å². The van der Waals surface area contributed by atoms with Gasteiger partial charge in [0.05, 0.1) is 0 Å². The molecule has 0 aliphatic heterocycles. The summed E-state index contributed by atoms with van der Waals surface area (Å²) in [4.78, 5) is 0. The van der Waals surface area contributed by atoms with E-state index in [1.165, 1.54) is 24.8 Å². The van der Waals surface area contributed by atoms with E-state index in [1.54, 1.807) is 0 Å². The standard InChI is InChI=1S/C15H22Cl2/c1-3-5-8-12(4-2)15(17)11-13-9-6-7-10-14(13)16/h6-7,9-10,12,15H,3-5,8,11H2,1-2H3. The fraction of sp³-hybridized carbons (Fsp3) is 0.600. The van der Waals surface area contributed by atoms with Crippen molar-refractivity contribution >= 4 is 23.2 Å². The topological polar surface area (TPSA) is 0 Å². The van der Waals surface area contributed by atoms with Gasteiger partial charge >= 0.3 is 0 Å². The van der Waals surface area contributed by atoms with Gasteiger partial charge in [0.15, 0.2) is 0 Å². The monoisotopic (exact) mass is 272 g/mol. The summed E-state index contributed by atoms with van der Waals surface area (Å²) in [6.45, 7) is 4.45. The highest BCUT2D eigenvalue weighted by atomic mass is 35.5. The quantitative estimate of drug-likeness (QED) is 0.558. The van der Waals surface area contributed by atoms with Gasteiger partial charge in [0.25, 0.3) is 0 Å². The van der Waals surface area contributed by atoms with Gasteiger partial charge in [0, 0.05) is 10.4 Å². The van der Waals surface area contributed by atoms with Gasteiger partial charge in [-0.25, -0.2) is 0 Å². The van der Waals surface area contributed by atoms with Crippen molar-refractivity contribution in [2.45, 2.75) is 51.3 Å². The van der Waals surface area contributed by atoms with Crippen molar-refractivity contribution in [2.75, 3.05) is 0 Å². The molecule has 2 atom stereocenters. The lowest BCUT2D eigenvalue weighted by Crippen LogP contribution is -2.17. The van der Waals surface area contributed by atoms with Crippen LogP contribution >= 0.6 is 23.2 Å². The van der Waals surface area contributed by atoms with Crippen molar-refractivity contribution in [3.63, 3.8) is 0 Å². The van der Waals surface area contributed by atoms with E-state index < -0.39 is 0 Å². The van der Waals surface area contributed by atoms with E-state index in [-0.39, 0.29) is 5.38 Å². The highest BCUT2D eigenvalue weighted by Crippen LogP contribution is 2.27. The molecule has 96 valence electrons. The van der Waals surface area contributed by atoms with Crippen LogP contribution in [0.2, 0.25) is 5.02 Å². The first-order valence-corrected chi connectivity index (χ1v) is 7.37. The smallest absolute Gasteiger partial charge is 0.0438 e. The largest absolute Gasteiger partial charge is 0.122 e. The second kappa shape index (κ2) is 8.00. The van der Waals surface area contributed by atoms with Crippen LogP contribution in [0.3, 0.4) is 0 Å². The molecule has 0 nitrogen and oxygen atoms in total. The molecule has 0 aromatic heterocycles. The van der Waals surface area contributed by atoms with Crippen LogP contribution in [0.25, 0.3) is 0 Å². The Kier molecular flexibility index (Phi) is 6.99. The molecule has 1 aromatic carbocycles. The third kappa shape index (κ3) is 4.89. The summed E-state index contributed by atoms with van der Waals surface area (Å²) >= 11 is 12.7. The summed E-state index contributed by atoms with van der Waals surface area (Å²) in [7, 11) is 0. The van der Waals surface area contributed by atoms with Crippen LogP contribution in [0.5, 0.6) is 0 Å². The lowest BCUT2D eigenvalue weighted by molar-refractivity contribution is 0.428. The van der Waals surface area contributed by atoms with Crippen molar-refractivity contribution in [2.24, 2.45) is 5.92 Å². The molecule has 0 spiro atoms. The Morgan fingerprint density at radius 3 is 2.47 bits per heavy atom. The van der Waals surface area contributed by atoms with E-state index in [0.29, 0.717) is 5.92 Å². The first kappa shape index (κ1) is 14.9. The average molecular weight is 273 g/mol. The van der Waals surface area contributed by atoms with Crippen molar-refractivity contribution in [3.05, 3.63) is 34.9 Å². The number of alkyl halides is 1. The molecule has 17 heavy (non-hydrogen) atoms. The van der Waals surface area contributed by atoms with E-state index in [4.69, 9.17) is 23.2 Å². The molecule has 1 aromatic rings. The molecule has 0 bridgehead atoms. The van der Waals surface area contributed by atoms with E-state index >= 15 is 0 Å². The molecule has 0 fully saturated rings. The molecule has 0 N–H and O–H groups in total. The third-order valence-corrected chi connectivity index (χ3v) is 4.22. The molecular weight excluding hydrogens is 251 g/mol. The minimum Gasteiger partial charge on any atom is -0.122 e. The third-order valence-electron chi connectivity index (χ3n) is 3.34. The predicted octanol–water partition coefficient (Wildman–Crippen LogP) is 5.71. The molecule has 0 amide bonds. The summed E-state index contributed by atoms with van der Waals surface area (Å²) in [5.74, 6) is 0.605. The maximum atomic E-state index is 6.53. The molecule has 2 heteroatoms. The summed E-state index contributed by atoms with van der Waals surface area (Å²) in [6.07, 6.45) is 5.77. The van der Waals surface area contributed by atoms with Gasteiger partial charge in [-0.3, -0.25) is 0 Å². The molecular formula is C15H22Cl2. The summed E-state index contributed by atoms with van der Waals surface area (Å²) in [5.41, 5.74) is 1.17. The molecule has 0 aliphatic carbocycles. The Labute approximate surface area is 115 Å². The number of benzene rings is 1. The summed E-state index contributed by atoms with van der Waals surface area (Å²) in [6, 6.07) is 8.00. The van der Waals surface area contributed by atoms with E-state index in [0.717, 1.165) is 17.9 Å². The first-order valence-electron chi connectivity index (χ1n) is 6.56. The fourth-order valence-electron chi connectivity index (χ4n) is 2.15. The van der Waals surface area contributed by atoms with Crippen molar-refractivity contribution in [3.8, 4) is 0 Å². The summed E-state index contributed by atoms with van der Waals surface area (Å²) in [5, 5.41) is 1.04. The van der Waals surface area contributed by atoms with E-state index in [1.807, 2.05) is 18.2 Å². The molecule has 0 radical (unpaired) electrons. The number of rotatable bonds is 7. The molecule has 0 aliphatic rings. The predicted molar refractivity (Wildman–Crippen MR) is 78.1 cm³/mol. The van der Waals surface area contributed by atoms with E-state index in [2.05, 4.69) is 19.9 Å². The number of halogens is 2. The van der Waals surface area contributed by atoms with Gasteiger partial charge in [0.2, 0.25) is 0 Å². The van der Waals surface area contributed by atoms with Crippen LogP contribution in [0, 0.1) is 5.92 Å². The maximum Gasteiger partial charge on any atom is 0.0438 e. The van der Waals surface area contributed by atoms with Crippen molar-refractivity contribution < 1.29 is 0 Å². The lowest BCUT2D eigenvalue weighted by Gasteiger charge is -2.21. The Balaban J connectivity index is 2.57. The molecule has 1 rings (SSSR count). The van der Waals surface area contributed by atoms with Crippen LogP contribution in [-0.2, 0) is 6.42 Å². The Hall–Kier alpha value is -0.200. The van der Waals surface area contributed by atoms with E-state index in [9.17, 15) is 0 Å². The normalized spacial score (nSPS) is 14.6. The molecule has 0 saturated heterocycles. The highest BCUT2D eigenvalue weighted by molar-refractivity contribution is 6.31. The Bertz CT molecular complexity index is 322. The zero-order valence-electron chi connectivity index (χ0n) is 10.8. The van der Waals surface area contributed by atoms with Crippen LogP contribution < -0.4 is 0 Å². The zero-order valence-corrected chi connectivity index (χ0v) is 12.3. The van der Waals surface area contributed by atoms with Crippen molar-refractivity contribution in [1.82, 2.24) is 0 Å². The molecule has 0 heterocycles. The van der Waals surface area contributed by atoms with Gasteiger partial charge in [-0.05, 0) is 30.4 Å². The maximum absolute atomic E-state index is 6.53. The van der Waals surface area contributed by atoms with Gasteiger partial charge in [0.1, 0.15) is 0 Å². The average Bonchev–Trinajstić information content (AvgIpc) is 2.33. The number of hydrogen-bond acceptors (Lipinski definition) is 0. The van der Waals surface area contributed by atoms with Crippen LogP contribution in [0.4, 0.5) is 0 Å². The SMILES string of the molecule is CCCCC(CC)C(Cl)Cc1ccccc1Cl. The lowest BCUT2D eigenvalue weighted by atomic mass is 9.92. The van der Waals surface area contributed by atoms with Crippen LogP contribution in [0.1, 0.15) is 45.1 Å². The van der Waals surface area contributed by atoms with Gasteiger partial charge in [-0.2, -0.15) is 0 Å². The van der Waals surface area contributed by atoms with Crippen LogP contribution in [0.15, 0.2) is 24.3 Å². The molecule has 2 unspecified atom stereocenters. The Morgan fingerprint density at radius 1 is 1.18 bits per heavy atom. The molecule has 0 saturated carbocycles. The minimum atomic E-state index is 0.200. The first-order chi connectivity index (χ1) is 8.19. The highest BCUT2D eigenvalue weighted by Gasteiger charge is 2.18. The number of unbranched alkanes of at least 4 members (excludes halogenated alkanes) is 1. The van der Waals surface area contributed by atoms with Gasteiger partial charge < -0.3 is 0 Å².